The van der Waals surface area contributed by atoms with Crippen LogP contribution < -0.4 is 10.1 Å². The molecule has 2 N–H and O–H groups in total. The van der Waals surface area contributed by atoms with Crippen LogP contribution in [0.4, 0.5) is 13.2 Å². The minimum atomic E-state index is -4.38. The van der Waals surface area contributed by atoms with Crippen molar-refractivity contribution >= 4 is 11.9 Å². The number of carbonyl (C=O) groups excluding carboxylic acids is 1. The lowest BCUT2D eigenvalue weighted by molar-refractivity contribution is -0.138. The summed E-state index contributed by atoms with van der Waals surface area (Å²) in [7, 11) is 0. The number of nitrogens with one attached hydrogen (secondary N) is 1. The summed E-state index contributed by atoms with van der Waals surface area (Å²) in [5.41, 5.74) is 2.17. The van der Waals surface area contributed by atoms with Crippen molar-refractivity contribution in [2.45, 2.75) is 57.2 Å². The number of carboxylic acid groups (broad SMARTS) is 1. The van der Waals surface area contributed by atoms with Crippen LogP contribution in [0.3, 0.4) is 0 Å². The molecule has 8 heteroatoms. The summed E-state index contributed by atoms with van der Waals surface area (Å²) in [6.07, 6.45) is 1.90. The third kappa shape index (κ3) is 8.09. The number of benzene rings is 3. The van der Waals surface area contributed by atoms with E-state index in [2.05, 4.69) is 5.32 Å². The van der Waals surface area contributed by atoms with Gasteiger partial charge in [-0.1, -0.05) is 62.4 Å². The predicted molar refractivity (Wildman–Crippen MR) is 142 cm³/mol. The first-order valence-corrected chi connectivity index (χ1v) is 13.2. The minimum Gasteiger partial charge on any atom is -0.486 e. The zero-order valence-electron chi connectivity index (χ0n) is 21.5. The quantitative estimate of drug-likeness (QED) is 0.277. The fraction of sp³-hybridized carbons (Fsp3) is 0.355. The molecule has 1 amide bonds. The van der Waals surface area contributed by atoms with Gasteiger partial charge in [0.15, 0.2) is 0 Å². The molecule has 1 aliphatic rings. The summed E-state index contributed by atoms with van der Waals surface area (Å²) in [5.74, 6) is -0.230. The van der Waals surface area contributed by atoms with Gasteiger partial charge in [0.2, 0.25) is 0 Å². The van der Waals surface area contributed by atoms with Crippen LogP contribution in [-0.2, 0) is 11.0 Å². The number of hydrogen-bond acceptors (Lipinski definition) is 3. The van der Waals surface area contributed by atoms with Crippen molar-refractivity contribution in [3.8, 4) is 16.9 Å². The third-order valence-electron chi connectivity index (χ3n) is 7.10. The van der Waals surface area contributed by atoms with Gasteiger partial charge in [-0.25, -0.2) is 0 Å². The molecule has 1 unspecified atom stereocenters. The maximum atomic E-state index is 13.0. The van der Waals surface area contributed by atoms with Crippen LogP contribution in [-0.4, -0.2) is 23.5 Å². The minimum absolute atomic E-state index is 0.0468. The van der Waals surface area contributed by atoms with Crippen LogP contribution in [0, 0.1) is 5.92 Å². The lowest BCUT2D eigenvalue weighted by Crippen LogP contribution is -2.25. The molecule has 0 radical (unpaired) electrons. The van der Waals surface area contributed by atoms with Gasteiger partial charge in [-0.15, -0.1) is 0 Å². The second-order valence-electron chi connectivity index (χ2n) is 9.97. The predicted octanol–water partition coefficient (Wildman–Crippen LogP) is 7.67. The van der Waals surface area contributed by atoms with E-state index in [1.165, 1.54) is 31.4 Å². The Hall–Kier alpha value is -3.81. The summed E-state index contributed by atoms with van der Waals surface area (Å²) in [6, 6.07) is 19.6. The van der Waals surface area contributed by atoms with E-state index in [0.29, 0.717) is 22.8 Å². The first-order valence-electron chi connectivity index (χ1n) is 13.2. The van der Waals surface area contributed by atoms with Crippen LogP contribution in [0.15, 0.2) is 72.8 Å². The molecule has 3 aromatic rings. The normalized spacial score (nSPS) is 14.9. The highest BCUT2D eigenvalue weighted by atomic mass is 19.4. The third-order valence-corrected chi connectivity index (χ3v) is 7.10. The van der Waals surface area contributed by atoms with E-state index in [1.807, 2.05) is 24.3 Å². The van der Waals surface area contributed by atoms with Crippen molar-refractivity contribution in [1.82, 2.24) is 5.32 Å². The van der Waals surface area contributed by atoms with E-state index < -0.39 is 17.7 Å². The number of aliphatic carboxylic acids is 1. The standard InChI is InChI=1S/C31H32F3NO4/c32-31(33,34)26-13-9-22(10-14-26)24-7-4-8-25(20-24)28(19-21-5-2-1-3-6-21)39-27-15-11-23(12-16-27)30(38)35-18-17-29(36)37/h4,7-16,20-21,28H,1-3,5-6,17-19H2,(H,35,38)(H,36,37). The summed E-state index contributed by atoms with van der Waals surface area (Å²) < 4.78 is 45.5. The SMILES string of the molecule is O=C(O)CCNC(=O)c1ccc(OC(CC2CCCCC2)c2cccc(-c3ccc(C(F)(F)F)cc3)c2)cc1. The van der Waals surface area contributed by atoms with Crippen molar-refractivity contribution < 1.29 is 32.6 Å². The highest BCUT2D eigenvalue weighted by molar-refractivity contribution is 5.94. The molecule has 39 heavy (non-hydrogen) atoms. The number of halogens is 3. The van der Waals surface area contributed by atoms with Crippen LogP contribution >= 0.6 is 0 Å². The van der Waals surface area contributed by atoms with E-state index in [9.17, 15) is 22.8 Å². The smallest absolute Gasteiger partial charge is 0.416 e. The van der Waals surface area contributed by atoms with Gasteiger partial charge in [-0.3, -0.25) is 9.59 Å². The Labute approximate surface area is 226 Å². The van der Waals surface area contributed by atoms with Gasteiger partial charge >= 0.3 is 12.1 Å². The Morgan fingerprint density at radius 3 is 2.26 bits per heavy atom. The maximum Gasteiger partial charge on any atom is 0.416 e. The number of carboxylic acids is 1. The summed E-state index contributed by atoms with van der Waals surface area (Å²) in [5, 5.41) is 11.3. The van der Waals surface area contributed by atoms with E-state index >= 15 is 0 Å². The van der Waals surface area contributed by atoms with E-state index in [4.69, 9.17) is 9.84 Å². The van der Waals surface area contributed by atoms with Gasteiger partial charge in [0.1, 0.15) is 11.9 Å². The van der Waals surface area contributed by atoms with Crippen LogP contribution in [0.25, 0.3) is 11.1 Å². The molecular weight excluding hydrogens is 507 g/mol. The number of rotatable bonds is 10. The summed E-state index contributed by atoms with van der Waals surface area (Å²) >= 11 is 0. The van der Waals surface area contributed by atoms with Crippen molar-refractivity contribution in [1.29, 1.82) is 0 Å². The van der Waals surface area contributed by atoms with E-state index in [0.717, 1.165) is 42.5 Å². The van der Waals surface area contributed by atoms with Crippen molar-refractivity contribution in [2.24, 2.45) is 5.92 Å². The molecule has 0 saturated heterocycles. The molecule has 0 heterocycles. The molecule has 3 aromatic carbocycles. The molecular formula is C31H32F3NO4. The molecule has 0 bridgehead atoms. The highest BCUT2D eigenvalue weighted by Crippen LogP contribution is 2.36. The van der Waals surface area contributed by atoms with Gasteiger partial charge in [0.25, 0.3) is 5.91 Å². The Bertz CT molecular complexity index is 1250. The molecule has 1 saturated carbocycles. The Balaban J connectivity index is 1.52. The average molecular weight is 540 g/mol. The molecule has 5 nitrogen and oxygen atoms in total. The highest BCUT2D eigenvalue weighted by Gasteiger charge is 2.30. The maximum absolute atomic E-state index is 13.0. The largest absolute Gasteiger partial charge is 0.486 e. The molecule has 206 valence electrons. The number of ether oxygens (including phenoxy) is 1. The zero-order valence-corrected chi connectivity index (χ0v) is 21.5. The second-order valence-corrected chi connectivity index (χ2v) is 9.97. The van der Waals surface area contributed by atoms with E-state index in [1.54, 1.807) is 24.3 Å². The topological polar surface area (TPSA) is 75.6 Å². The van der Waals surface area contributed by atoms with Gasteiger partial charge < -0.3 is 15.2 Å². The fourth-order valence-electron chi connectivity index (χ4n) is 4.98. The molecule has 1 atom stereocenters. The van der Waals surface area contributed by atoms with Crippen LogP contribution in [0.2, 0.25) is 0 Å². The molecule has 0 aromatic heterocycles. The monoisotopic (exact) mass is 539 g/mol. The summed E-state index contributed by atoms with van der Waals surface area (Å²) in [6.45, 7) is 0.0468. The lowest BCUT2D eigenvalue weighted by atomic mass is 9.84. The molecule has 0 spiro atoms. The Morgan fingerprint density at radius 1 is 0.923 bits per heavy atom. The first-order chi connectivity index (χ1) is 18.7. The summed E-state index contributed by atoms with van der Waals surface area (Å²) in [4.78, 5) is 23.0. The van der Waals surface area contributed by atoms with Gasteiger partial charge in [-0.2, -0.15) is 13.2 Å². The molecule has 1 fully saturated rings. The fourth-order valence-corrected chi connectivity index (χ4v) is 4.98. The van der Waals surface area contributed by atoms with E-state index in [-0.39, 0.29) is 25.0 Å². The first kappa shape index (κ1) is 28.2. The van der Waals surface area contributed by atoms with Crippen molar-refractivity contribution in [2.75, 3.05) is 6.54 Å². The lowest BCUT2D eigenvalue weighted by Gasteiger charge is -2.28. The number of hydrogen-bond donors (Lipinski definition) is 2. The molecule has 0 aliphatic heterocycles. The Kier molecular flexibility index (Phi) is 9.28. The number of alkyl halides is 3. The number of amides is 1. The Morgan fingerprint density at radius 2 is 1.62 bits per heavy atom. The van der Waals surface area contributed by atoms with Crippen LogP contribution in [0.5, 0.6) is 5.75 Å². The van der Waals surface area contributed by atoms with Crippen molar-refractivity contribution in [3.63, 3.8) is 0 Å². The van der Waals surface area contributed by atoms with Gasteiger partial charge in [-0.05, 0) is 71.5 Å². The van der Waals surface area contributed by atoms with Crippen molar-refractivity contribution in [3.05, 3.63) is 89.5 Å². The van der Waals surface area contributed by atoms with Crippen LogP contribution in [0.1, 0.15) is 72.5 Å². The molecule has 1 aliphatic carbocycles. The second kappa shape index (κ2) is 12.8. The molecule has 4 rings (SSSR count). The van der Waals surface area contributed by atoms with Gasteiger partial charge in [0, 0.05) is 12.1 Å². The number of carbonyl (C=O) groups is 2. The van der Waals surface area contributed by atoms with Gasteiger partial charge in [0.05, 0.1) is 12.0 Å². The zero-order chi connectivity index (χ0) is 27.8. The average Bonchev–Trinajstić information content (AvgIpc) is 2.93.